The second kappa shape index (κ2) is 7.36. The number of carbonyl (C=O) groups is 1. The van der Waals surface area contributed by atoms with Gasteiger partial charge in [0.15, 0.2) is 0 Å². The van der Waals surface area contributed by atoms with E-state index >= 15 is 0 Å². The molecule has 1 amide bonds. The van der Waals surface area contributed by atoms with Crippen molar-refractivity contribution < 1.29 is 9.53 Å². The van der Waals surface area contributed by atoms with Gasteiger partial charge in [0.25, 0.3) is 5.91 Å². The lowest BCUT2D eigenvalue weighted by Gasteiger charge is -2.36. The van der Waals surface area contributed by atoms with Crippen LogP contribution in [0.25, 0.3) is 10.9 Å². The molecule has 1 N–H and O–H groups in total. The number of nitrogens with zero attached hydrogens (tertiary/aromatic N) is 2. The molecule has 5 nitrogen and oxygen atoms in total. The number of piperidine rings is 1. The number of fused-ring (bicyclic) bond motifs is 1. The molecule has 0 saturated carbocycles. The van der Waals surface area contributed by atoms with Crippen LogP contribution < -0.4 is 0 Å². The molecule has 25 heavy (non-hydrogen) atoms. The Morgan fingerprint density at radius 2 is 2.08 bits per heavy atom. The van der Waals surface area contributed by atoms with E-state index in [4.69, 9.17) is 16.3 Å². The Bertz CT molecular complexity index is 754. The average Bonchev–Trinajstić information content (AvgIpc) is 3.05. The number of amides is 1. The maximum absolute atomic E-state index is 12.9. The summed E-state index contributed by atoms with van der Waals surface area (Å²) in [5.74, 6) is 0.647. The van der Waals surface area contributed by atoms with Gasteiger partial charge in [0.2, 0.25) is 0 Å². The van der Waals surface area contributed by atoms with Crippen LogP contribution in [-0.4, -0.2) is 66.6 Å². The number of ether oxygens (including phenoxy) is 1. The Morgan fingerprint density at radius 1 is 1.24 bits per heavy atom. The Labute approximate surface area is 152 Å². The van der Waals surface area contributed by atoms with Gasteiger partial charge < -0.3 is 14.6 Å². The lowest BCUT2D eigenvalue weighted by Crippen LogP contribution is -2.46. The third-order valence-corrected chi connectivity index (χ3v) is 5.48. The third-order valence-electron chi connectivity index (χ3n) is 5.24. The van der Waals surface area contributed by atoms with Crippen LogP contribution in [0.4, 0.5) is 0 Å². The van der Waals surface area contributed by atoms with Crippen molar-refractivity contribution in [3.8, 4) is 0 Å². The molecule has 134 valence electrons. The largest absolute Gasteiger partial charge is 0.379 e. The highest BCUT2D eigenvalue weighted by Crippen LogP contribution is 2.23. The van der Waals surface area contributed by atoms with E-state index in [1.807, 2.05) is 29.2 Å². The third kappa shape index (κ3) is 3.84. The molecule has 3 heterocycles. The van der Waals surface area contributed by atoms with Crippen LogP contribution in [-0.2, 0) is 4.74 Å². The number of likely N-dealkylation sites (tertiary alicyclic amines) is 1. The molecule has 4 rings (SSSR count). The number of halogens is 1. The molecular formula is C19H24ClN3O2. The van der Waals surface area contributed by atoms with Crippen LogP contribution >= 0.6 is 11.6 Å². The molecule has 2 aromatic rings. The van der Waals surface area contributed by atoms with E-state index < -0.39 is 0 Å². The van der Waals surface area contributed by atoms with E-state index in [9.17, 15) is 4.79 Å². The fourth-order valence-corrected chi connectivity index (χ4v) is 4.10. The number of nitrogens with one attached hydrogen (secondary N) is 1. The number of H-pyrrole nitrogens is 1. The molecule has 1 atom stereocenters. The first-order valence-electron chi connectivity index (χ1n) is 9.07. The molecule has 0 radical (unpaired) electrons. The lowest BCUT2D eigenvalue weighted by atomic mass is 9.97. The molecule has 6 heteroatoms. The maximum atomic E-state index is 12.9. The van der Waals surface area contributed by atoms with Gasteiger partial charge in [-0.3, -0.25) is 9.69 Å². The number of carbonyl (C=O) groups excluding carboxylic acids is 1. The summed E-state index contributed by atoms with van der Waals surface area (Å²) in [4.78, 5) is 20.6. The Balaban J connectivity index is 1.43. The van der Waals surface area contributed by atoms with Crippen molar-refractivity contribution in [2.45, 2.75) is 12.8 Å². The van der Waals surface area contributed by atoms with E-state index in [1.165, 1.54) is 6.42 Å². The van der Waals surface area contributed by atoms with Crippen LogP contribution in [0.1, 0.15) is 23.3 Å². The minimum absolute atomic E-state index is 0.0963. The van der Waals surface area contributed by atoms with Crippen molar-refractivity contribution in [1.82, 2.24) is 14.8 Å². The van der Waals surface area contributed by atoms with Crippen LogP contribution in [0.3, 0.4) is 0 Å². The van der Waals surface area contributed by atoms with Crippen molar-refractivity contribution in [2.24, 2.45) is 5.92 Å². The zero-order valence-corrected chi connectivity index (χ0v) is 15.1. The van der Waals surface area contributed by atoms with Crippen molar-refractivity contribution >= 4 is 28.4 Å². The standard InChI is InChI=1S/C19H24ClN3O2/c20-16-4-3-15-10-18(21-17(15)11-16)19(24)23-5-1-2-14(13-23)12-22-6-8-25-9-7-22/h3-4,10-11,14,21H,1-2,5-9,12-13H2/t14-/m1/s1. The lowest BCUT2D eigenvalue weighted by molar-refractivity contribution is 0.0223. The zero-order chi connectivity index (χ0) is 17.2. The number of benzene rings is 1. The first kappa shape index (κ1) is 16.9. The van der Waals surface area contributed by atoms with Gasteiger partial charge in [-0.15, -0.1) is 0 Å². The van der Waals surface area contributed by atoms with E-state index in [1.54, 1.807) is 0 Å². The van der Waals surface area contributed by atoms with Crippen LogP contribution in [0.2, 0.25) is 5.02 Å². The molecular weight excluding hydrogens is 338 g/mol. The summed E-state index contributed by atoms with van der Waals surface area (Å²) >= 11 is 6.04. The number of morpholine rings is 1. The smallest absolute Gasteiger partial charge is 0.270 e. The summed E-state index contributed by atoms with van der Waals surface area (Å²) in [6.45, 7) is 6.41. The Hall–Kier alpha value is -1.56. The highest BCUT2D eigenvalue weighted by molar-refractivity contribution is 6.31. The molecule has 2 fully saturated rings. The minimum atomic E-state index is 0.0963. The molecule has 0 unspecified atom stereocenters. The van der Waals surface area contributed by atoms with Crippen molar-refractivity contribution in [2.75, 3.05) is 45.9 Å². The van der Waals surface area contributed by atoms with Gasteiger partial charge in [-0.25, -0.2) is 0 Å². The van der Waals surface area contributed by atoms with Gasteiger partial charge in [0, 0.05) is 48.6 Å². The summed E-state index contributed by atoms with van der Waals surface area (Å²) in [5, 5.41) is 1.70. The number of aromatic amines is 1. The highest BCUT2D eigenvalue weighted by atomic mass is 35.5. The van der Waals surface area contributed by atoms with E-state index in [0.717, 1.165) is 63.3 Å². The van der Waals surface area contributed by atoms with Gasteiger partial charge in [0.05, 0.1) is 13.2 Å². The molecule has 0 spiro atoms. The monoisotopic (exact) mass is 361 g/mol. The van der Waals surface area contributed by atoms with Gasteiger partial charge in [-0.1, -0.05) is 17.7 Å². The summed E-state index contributed by atoms with van der Waals surface area (Å²) < 4.78 is 5.42. The zero-order valence-electron chi connectivity index (χ0n) is 14.3. The van der Waals surface area contributed by atoms with Gasteiger partial charge >= 0.3 is 0 Å². The predicted molar refractivity (Wildman–Crippen MR) is 99.2 cm³/mol. The number of rotatable bonds is 3. The first-order valence-corrected chi connectivity index (χ1v) is 9.44. The topological polar surface area (TPSA) is 48.6 Å². The molecule has 2 saturated heterocycles. The van der Waals surface area contributed by atoms with Crippen molar-refractivity contribution in [1.29, 1.82) is 0 Å². The summed E-state index contributed by atoms with van der Waals surface area (Å²) in [7, 11) is 0. The molecule has 1 aromatic carbocycles. The fourth-order valence-electron chi connectivity index (χ4n) is 3.93. The summed E-state index contributed by atoms with van der Waals surface area (Å²) in [6, 6.07) is 7.60. The first-order chi connectivity index (χ1) is 12.2. The SMILES string of the molecule is O=C(c1cc2ccc(Cl)cc2[nH]1)N1CCC[C@H](CN2CCOCC2)C1. The van der Waals surface area contributed by atoms with Crippen molar-refractivity contribution in [3.05, 3.63) is 35.0 Å². The molecule has 0 aliphatic carbocycles. The van der Waals surface area contributed by atoms with Crippen LogP contribution in [0.15, 0.2) is 24.3 Å². The van der Waals surface area contributed by atoms with Gasteiger partial charge in [-0.2, -0.15) is 0 Å². The van der Waals surface area contributed by atoms with Gasteiger partial charge in [-0.05, 0) is 37.0 Å². The van der Waals surface area contributed by atoms with E-state index in [2.05, 4.69) is 9.88 Å². The normalized spacial score (nSPS) is 22.4. The molecule has 0 bridgehead atoms. The Kier molecular flexibility index (Phi) is 4.97. The van der Waals surface area contributed by atoms with Crippen LogP contribution in [0.5, 0.6) is 0 Å². The number of hydrogen-bond donors (Lipinski definition) is 1. The molecule has 2 aliphatic rings. The second-order valence-electron chi connectivity index (χ2n) is 7.09. The average molecular weight is 362 g/mol. The Morgan fingerprint density at radius 3 is 2.92 bits per heavy atom. The summed E-state index contributed by atoms with van der Waals surface area (Å²) in [6.07, 6.45) is 2.27. The fraction of sp³-hybridized carbons (Fsp3) is 0.526. The van der Waals surface area contributed by atoms with E-state index in [-0.39, 0.29) is 5.91 Å². The van der Waals surface area contributed by atoms with Crippen LogP contribution in [0, 0.1) is 5.92 Å². The maximum Gasteiger partial charge on any atom is 0.270 e. The molecule has 2 aliphatic heterocycles. The second-order valence-corrected chi connectivity index (χ2v) is 7.52. The van der Waals surface area contributed by atoms with Crippen molar-refractivity contribution in [3.63, 3.8) is 0 Å². The number of hydrogen-bond acceptors (Lipinski definition) is 3. The highest BCUT2D eigenvalue weighted by Gasteiger charge is 2.27. The predicted octanol–water partition coefficient (Wildman–Crippen LogP) is 3.01. The van der Waals surface area contributed by atoms with E-state index in [0.29, 0.717) is 16.6 Å². The summed E-state index contributed by atoms with van der Waals surface area (Å²) in [5.41, 5.74) is 1.57. The molecule has 1 aromatic heterocycles. The number of aromatic nitrogens is 1. The quantitative estimate of drug-likeness (QED) is 0.914. The van der Waals surface area contributed by atoms with Gasteiger partial charge in [0.1, 0.15) is 5.69 Å². The minimum Gasteiger partial charge on any atom is -0.379 e.